The molecule has 162 valence electrons. The van der Waals surface area contributed by atoms with E-state index in [0.717, 1.165) is 36.3 Å². The highest BCUT2D eigenvalue weighted by molar-refractivity contribution is 6.35. The van der Waals surface area contributed by atoms with E-state index in [9.17, 15) is 4.79 Å². The minimum absolute atomic E-state index is 0.0608. The van der Waals surface area contributed by atoms with E-state index in [0.29, 0.717) is 28.8 Å². The van der Waals surface area contributed by atoms with Crippen LogP contribution in [0.5, 0.6) is 0 Å². The number of fused-ring (bicyclic) bond motifs is 1. The molecule has 7 heteroatoms. The molecule has 0 unspecified atom stereocenters. The van der Waals surface area contributed by atoms with E-state index < -0.39 is 0 Å². The Hall–Kier alpha value is -2.86. The van der Waals surface area contributed by atoms with Crippen LogP contribution in [0.15, 0.2) is 72.9 Å². The monoisotopic (exact) mass is 464 g/mol. The molecule has 1 saturated heterocycles. The maximum Gasteiger partial charge on any atom is 0.274 e. The normalized spacial score (nSPS) is 14.8. The Balaban J connectivity index is 1.37. The summed E-state index contributed by atoms with van der Waals surface area (Å²) < 4.78 is 1.74. The smallest absolute Gasteiger partial charge is 0.274 e. The topological polar surface area (TPSA) is 40.9 Å². The molecular formula is C25H22Cl2N4O. The number of aromatic nitrogens is 2. The van der Waals surface area contributed by atoms with Gasteiger partial charge in [0.25, 0.3) is 5.91 Å². The largest absolute Gasteiger partial charge is 0.335 e. The van der Waals surface area contributed by atoms with E-state index in [1.807, 2.05) is 47.5 Å². The van der Waals surface area contributed by atoms with Crippen LogP contribution >= 0.6 is 23.2 Å². The zero-order valence-electron chi connectivity index (χ0n) is 17.4. The van der Waals surface area contributed by atoms with Gasteiger partial charge in [0.1, 0.15) is 5.69 Å². The Morgan fingerprint density at radius 3 is 2.31 bits per heavy atom. The molecule has 1 fully saturated rings. The van der Waals surface area contributed by atoms with E-state index >= 15 is 0 Å². The fourth-order valence-corrected chi connectivity index (χ4v) is 4.71. The minimum atomic E-state index is -0.0608. The van der Waals surface area contributed by atoms with Crippen LogP contribution in [0.1, 0.15) is 16.1 Å². The molecule has 0 N–H and O–H groups in total. The molecule has 0 spiro atoms. The van der Waals surface area contributed by atoms with Gasteiger partial charge in [-0.3, -0.25) is 9.69 Å². The van der Waals surface area contributed by atoms with Gasteiger partial charge in [-0.2, -0.15) is 5.10 Å². The third kappa shape index (κ3) is 4.37. The average molecular weight is 465 g/mol. The molecule has 1 amide bonds. The molecule has 0 bridgehead atoms. The summed E-state index contributed by atoms with van der Waals surface area (Å²) in [7, 11) is 0. The van der Waals surface area contributed by atoms with Crippen LogP contribution < -0.4 is 0 Å². The SMILES string of the molecule is O=C(c1cc(-c2cc(Cl)cc(Cl)c2)c2cccn2n1)N1CCN(Cc2ccccc2)CC1. The maximum atomic E-state index is 13.3. The molecule has 1 aliphatic rings. The first-order valence-corrected chi connectivity index (χ1v) is 11.3. The van der Waals surface area contributed by atoms with Gasteiger partial charge in [0.15, 0.2) is 0 Å². The number of carbonyl (C=O) groups is 1. The molecule has 4 aromatic rings. The number of hydrogen-bond donors (Lipinski definition) is 0. The van der Waals surface area contributed by atoms with E-state index in [1.54, 1.807) is 10.6 Å². The fourth-order valence-electron chi connectivity index (χ4n) is 4.19. The van der Waals surface area contributed by atoms with Crippen LogP contribution in [0.25, 0.3) is 16.6 Å². The number of rotatable bonds is 4. The molecule has 5 nitrogen and oxygen atoms in total. The summed E-state index contributed by atoms with van der Waals surface area (Å²) in [5.41, 5.74) is 4.33. The van der Waals surface area contributed by atoms with Crippen molar-refractivity contribution >= 4 is 34.6 Å². The summed E-state index contributed by atoms with van der Waals surface area (Å²) in [5, 5.41) is 5.68. The van der Waals surface area contributed by atoms with Gasteiger partial charge in [-0.15, -0.1) is 0 Å². The van der Waals surface area contributed by atoms with Gasteiger partial charge in [0, 0.05) is 54.5 Å². The fraction of sp³-hybridized carbons (Fsp3) is 0.200. The van der Waals surface area contributed by atoms with Crippen LogP contribution in [-0.2, 0) is 6.54 Å². The third-order valence-electron chi connectivity index (χ3n) is 5.80. The Bertz CT molecular complexity index is 1240. The zero-order valence-corrected chi connectivity index (χ0v) is 18.9. The van der Waals surface area contributed by atoms with Gasteiger partial charge in [-0.05, 0) is 47.5 Å². The predicted molar refractivity (Wildman–Crippen MR) is 128 cm³/mol. The van der Waals surface area contributed by atoms with Crippen molar-refractivity contribution in [2.45, 2.75) is 6.54 Å². The first-order chi connectivity index (χ1) is 15.6. The quantitative estimate of drug-likeness (QED) is 0.413. The summed E-state index contributed by atoms with van der Waals surface area (Å²) in [5.74, 6) is -0.0608. The van der Waals surface area contributed by atoms with Gasteiger partial charge in [-0.1, -0.05) is 53.5 Å². The molecular weight excluding hydrogens is 443 g/mol. The molecule has 0 saturated carbocycles. The third-order valence-corrected chi connectivity index (χ3v) is 6.24. The molecule has 1 aliphatic heterocycles. The van der Waals surface area contributed by atoms with Crippen molar-refractivity contribution in [1.82, 2.24) is 19.4 Å². The number of hydrogen-bond acceptors (Lipinski definition) is 3. The number of carbonyl (C=O) groups excluding carboxylic acids is 1. The first kappa shape index (κ1) is 21.0. The van der Waals surface area contributed by atoms with Crippen LogP contribution in [-0.4, -0.2) is 51.5 Å². The maximum absolute atomic E-state index is 13.3. The van der Waals surface area contributed by atoms with E-state index in [2.05, 4.69) is 34.3 Å². The number of halogens is 2. The first-order valence-electron chi connectivity index (χ1n) is 10.6. The van der Waals surface area contributed by atoms with Crippen molar-refractivity contribution in [2.24, 2.45) is 0 Å². The zero-order chi connectivity index (χ0) is 22.1. The van der Waals surface area contributed by atoms with Crippen LogP contribution in [0.4, 0.5) is 0 Å². The molecule has 0 aliphatic carbocycles. The van der Waals surface area contributed by atoms with Crippen LogP contribution in [0.3, 0.4) is 0 Å². The van der Waals surface area contributed by atoms with Crippen molar-refractivity contribution in [1.29, 1.82) is 0 Å². The summed E-state index contributed by atoms with van der Waals surface area (Å²) in [6.45, 7) is 3.92. The second-order valence-corrected chi connectivity index (χ2v) is 8.87. The van der Waals surface area contributed by atoms with Crippen molar-refractivity contribution in [3.05, 3.63) is 94.2 Å². The Morgan fingerprint density at radius 1 is 0.875 bits per heavy atom. The van der Waals surface area contributed by atoms with Crippen molar-refractivity contribution < 1.29 is 4.79 Å². The molecule has 0 atom stereocenters. The van der Waals surface area contributed by atoms with Crippen molar-refractivity contribution in [3.63, 3.8) is 0 Å². The minimum Gasteiger partial charge on any atom is -0.335 e. The van der Waals surface area contributed by atoms with E-state index in [-0.39, 0.29) is 5.91 Å². The highest BCUT2D eigenvalue weighted by atomic mass is 35.5. The Morgan fingerprint density at radius 2 is 1.59 bits per heavy atom. The molecule has 5 rings (SSSR count). The Kier molecular flexibility index (Phi) is 5.87. The molecule has 32 heavy (non-hydrogen) atoms. The van der Waals surface area contributed by atoms with Crippen molar-refractivity contribution in [3.8, 4) is 11.1 Å². The van der Waals surface area contributed by atoms with Crippen LogP contribution in [0, 0.1) is 0 Å². The lowest BCUT2D eigenvalue weighted by Gasteiger charge is -2.34. The lowest BCUT2D eigenvalue weighted by atomic mass is 10.0. The van der Waals surface area contributed by atoms with Gasteiger partial charge < -0.3 is 4.90 Å². The average Bonchev–Trinajstić information content (AvgIpc) is 3.27. The molecule has 2 aromatic heterocycles. The van der Waals surface area contributed by atoms with Crippen molar-refractivity contribution in [2.75, 3.05) is 26.2 Å². The van der Waals surface area contributed by atoms with Gasteiger partial charge in [0.05, 0.1) is 5.52 Å². The molecule has 3 heterocycles. The lowest BCUT2D eigenvalue weighted by Crippen LogP contribution is -2.48. The predicted octanol–water partition coefficient (Wildman–Crippen LogP) is 5.27. The van der Waals surface area contributed by atoms with Gasteiger partial charge in [0.2, 0.25) is 0 Å². The highest BCUT2D eigenvalue weighted by Crippen LogP contribution is 2.31. The summed E-state index contributed by atoms with van der Waals surface area (Å²) in [6, 6.07) is 21.5. The second kappa shape index (κ2) is 8.94. The highest BCUT2D eigenvalue weighted by Gasteiger charge is 2.24. The number of nitrogens with zero attached hydrogens (tertiary/aromatic N) is 4. The standard InChI is InChI=1S/C25H22Cl2N4O/c26-20-13-19(14-21(27)15-20)22-16-23(28-31-8-4-7-24(22)31)25(32)30-11-9-29(10-12-30)17-18-5-2-1-3-6-18/h1-8,13-16H,9-12,17H2. The summed E-state index contributed by atoms with van der Waals surface area (Å²) in [6.07, 6.45) is 1.85. The van der Waals surface area contributed by atoms with E-state index in [4.69, 9.17) is 23.2 Å². The van der Waals surface area contributed by atoms with Crippen LogP contribution in [0.2, 0.25) is 10.0 Å². The number of piperazine rings is 1. The summed E-state index contributed by atoms with van der Waals surface area (Å²) >= 11 is 12.5. The summed E-state index contributed by atoms with van der Waals surface area (Å²) in [4.78, 5) is 17.6. The number of benzene rings is 2. The van der Waals surface area contributed by atoms with E-state index in [1.165, 1.54) is 5.56 Å². The second-order valence-electron chi connectivity index (χ2n) is 7.99. The number of amides is 1. The lowest BCUT2D eigenvalue weighted by molar-refractivity contribution is 0.0621. The van der Waals surface area contributed by atoms with Gasteiger partial charge >= 0.3 is 0 Å². The van der Waals surface area contributed by atoms with Gasteiger partial charge in [-0.25, -0.2) is 4.52 Å². The molecule has 2 aromatic carbocycles. The molecule has 0 radical (unpaired) electrons. The Labute approximate surface area is 196 Å².